The number of nitrogens with one attached hydrogen (secondary N) is 1. The molecule has 0 radical (unpaired) electrons. The molecular weight excluding hydrogens is 272 g/mol. The summed E-state index contributed by atoms with van der Waals surface area (Å²) >= 11 is 0. The van der Waals surface area contributed by atoms with Crippen LogP contribution in [0.15, 0.2) is 12.4 Å². The van der Waals surface area contributed by atoms with E-state index in [0.29, 0.717) is 12.6 Å². The van der Waals surface area contributed by atoms with E-state index in [1.165, 1.54) is 36.3 Å². The minimum atomic E-state index is -0.609. The first kappa shape index (κ1) is 15.9. The molecule has 0 aromatic carbocycles. The number of aromatic nitrogens is 2. The second-order valence-electron chi connectivity index (χ2n) is 6.53. The lowest BCUT2D eigenvalue weighted by Gasteiger charge is -2.39. The van der Waals surface area contributed by atoms with Crippen LogP contribution in [0.2, 0.25) is 0 Å². The van der Waals surface area contributed by atoms with Crippen LogP contribution < -0.4 is 5.32 Å². The third-order valence-electron chi connectivity index (χ3n) is 4.34. The summed E-state index contributed by atoms with van der Waals surface area (Å²) < 4.78 is 1.41. The monoisotopic (exact) mass is 296 g/mol. The van der Waals surface area contributed by atoms with Crippen LogP contribution in [0.5, 0.6) is 0 Å². The lowest BCUT2D eigenvalue weighted by molar-refractivity contribution is -0.385. The zero-order valence-electron chi connectivity index (χ0n) is 12.7. The van der Waals surface area contributed by atoms with Crippen molar-refractivity contribution in [3.63, 3.8) is 0 Å². The van der Waals surface area contributed by atoms with Gasteiger partial charge < -0.3 is 10.4 Å². The van der Waals surface area contributed by atoms with Crippen molar-refractivity contribution < 1.29 is 10.0 Å². The van der Waals surface area contributed by atoms with Gasteiger partial charge in [0, 0.05) is 12.6 Å². The van der Waals surface area contributed by atoms with Crippen molar-refractivity contribution in [2.45, 2.75) is 58.2 Å². The first-order valence-electron chi connectivity index (χ1n) is 7.47. The van der Waals surface area contributed by atoms with Crippen molar-refractivity contribution in [3.05, 3.63) is 22.5 Å². The molecule has 7 heteroatoms. The van der Waals surface area contributed by atoms with Crippen LogP contribution >= 0.6 is 0 Å². The lowest BCUT2D eigenvalue weighted by atomic mass is 9.73. The maximum absolute atomic E-state index is 10.6. The van der Waals surface area contributed by atoms with Gasteiger partial charge in [0.05, 0.1) is 17.6 Å². The van der Waals surface area contributed by atoms with E-state index in [9.17, 15) is 15.2 Å². The van der Waals surface area contributed by atoms with Gasteiger partial charge >= 0.3 is 5.69 Å². The van der Waals surface area contributed by atoms with Crippen LogP contribution in [0.25, 0.3) is 0 Å². The summed E-state index contributed by atoms with van der Waals surface area (Å²) in [6.07, 6.45) is 6.76. The molecule has 118 valence electrons. The van der Waals surface area contributed by atoms with Crippen LogP contribution in [0.4, 0.5) is 5.69 Å². The Morgan fingerprint density at radius 3 is 3.00 bits per heavy atom. The van der Waals surface area contributed by atoms with Gasteiger partial charge in [-0.1, -0.05) is 26.7 Å². The molecule has 0 amide bonds. The summed E-state index contributed by atoms with van der Waals surface area (Å²) in [6, 6.07) is 0.410. The highest BCUT2D eigenvalue weighted by molar-refractivity contribution is 5.20. The van der Waals surface area contributed by atoms with Gasteiger partial charge in [0.2, 0.25) is 0 Å². The van der Waals surface area contributed by atoms with Gasteiger partial charge in [0.25, 0.3) is 0 Å². The van der Waals surface area contributed by atoms with Gasteiger partial charge in [0.15, 0.2) is 0 Å². The SMILES string of the molecule is CC1(C)CCCCC1NCC(O)Cn1cc([N+](=O)[O-])cn1. The van der Waals surface area contributed by atoms with Gasteiger partial charge in [-0.25, -0.2) is 0 Å². The summed E-state index contributed by atoms with van der Waals surface area (Å²) in [6.45, 7) is 5.25. The zero-order valence-corrected chi connectivity index (χ0v) is 12.7. The van der Waals surface area contributed by atoms with Gasteiger partial charge in [-0.15, -0.1) is 0 Å². The van der Waals surface area contributed by atoms with E-state index >= 15 is 0 Å². The van der Waals surface area contributed by atoms with E-state index in [2.05, 4.69) is 24.3 Å². The van der Waals surface area contributed by atoms with E-state index < -0.39 is 11.0 Å². The predicted octanol–water partition coefficient (Wildman–Crippen LogP) is 1.71. The Bertz CT molecular complexity index is 486. The van der Waals surface area contributed by atoms with Gasteiger partial charge in [-0.3, -0.25) is 14.8 Å². The van der Waals surface area contributed by atoms with Gasteiger partial charge in [-0.2, -0.15) is 5.10 Å². The summed E-state index contributed by atoms with van der Waals surface area (Å²) in [5, 5.41) is 28.0. The van der Waals surface area contributed by atoms with E-state index in [4.69, 9.17) is 0 Å². The number of nitro groups is 1. The second kappa shape index (κ2) is 6.53. The number of nitrogens with zero attached hydrogens (tertiary/aromatic N) is 3. The molecule has 1 aliphatic carbocycles. The molecular formula is C14H24N4O3. The fraction of sp³-hybridized carbons (Fsp3) is 0.786. The van der Waals surface area contributed by atoms with Crippen molar-refractivity contribution in [2.75, 3.05) is 6.54 Å². The topological polar surface area (TPSA) is 93.2 Å². The highest BCUT2D eigenvalue weighted by Gasteiger charge is 2.31. The molecule has 21 heavy (non-hydrogen) atoms. The standard InChI is InChI=1S/C14H24N4O3/c1-14(2)6-4-3-5-13(14)15-8-12(19)10-17-9-11(7-16-17)18(20)21/h7,9,12-13,15,19H,3-6,8,10H2,1-2H3. The van der Waals surface area contributed by atoms with Crippen LogP contribution in [-0.4, -0.2) is 38.5 Å². The van der Waals surface area contributed by atoms with Crippen molar-refractivity contribution in [1.29, 1.82) is 0 Å². The third kappa shape index (κ3) is 4.25. The largest absolute Gasteiger partial charge is 0.390 e. The Morgan fingerprint density at radius 1 is 1.62 bits per heavy atom. The number of hydrogen-bond donors (Lipinski definition) is 2. The molecule has 1 aliphatic rings. The minimum Gasteiger partial charge on any atom is -0.390 e. The quantitative estimate of drug-likeness (QED) is 0.615. The second-order valence-corrected chi connectivity index (χ2v) is 6.53. The van der Waals surface area contributed by atoms with E-state index in [-0.39, 0.29) is 17.6 Å². The maximum atomic E-state index is 10.6. The van der Waals surface area contributed by atoms with Gasteiger partial charge in [0.1, 0.15) is 12.4 Å². The van der Waals surface area contributed by atoms with E-state index in [1.54, 1.807) is 0 Å². The smallest absolute Gasteiger partial charge is 0.306 e. The molecule has 7 nitrogen and oxygen atoms in total. The third-order valence-corrected chi connectivity index (χ3v) is 4.34. The summed E-state index contributed by atoms with van der Waals surface area (Å²) in [7, 11) is 0. The molecule has 1 aromatic heterocycles. The van der Waals surface area contributed by atoms with Crippen molar-refractivity contribution in [2.24, 2.45) is 5.41 Å². The Morgan fingerprint density at radius 2 is 2.38 bits per heavy atom. The van der Waals surface area contributed by atoms with Crippen LogP contribution in [-0.2, 0) is 6.54 Å². The average molecular weight is 296 g/mol. The normalized spacial score (nSPS) is 22.9. The van der Waals surface area contributed by atoms with Gasteiger partial charge in [-0.05, 0) is 18.3 Å². The molecule has 0 saturated heterocycles. The molecule has 2 unspecified atom stereocenters. The number of aliphatic hydroxyl groups is 1. The van der Waals surface area contributed by atoms with Crippen LogP contribution in [0.3, 0.4) is 0 Å². The fourth-order valence-corrected chi connectivity index (χ4v) is 2.98. The molecule has 0 bridgehead atoms. The van der Waals surface area contributed by atoms with Crippen molar-refractivity contribution in [1.82, 2.24) is 15.1 Å². The maximum Gasteiger partial charge on any atom is 0.306 e. The lowest BCUT2D eigenvalue weighted by Crippen LogP contribution is -2.47. The molecule has 2 atom stereocenters. The Labute approximate surface area is 124 Å². The van der Waals surface area contributed by atoms with E-state index in [0.717, 1.165) is 6.42 Å². The molecule has 1 heterocycles. The first-order chi connectivity index (χ1) is 9.88. The summed E-state index contributed by atoms with van der Waals surface area (Å²) in [5.74, 6) is 0. The Kier molecular flexibility index (Phi) is 4.95. The number of aliphatic hydroxyl groups excluding tert-OH is 1. The molecule has 1 fully saturated rings. The van der Waals surface area contributed by atoms with Crippen LogP contribution in [0.1, 0.15) is 39.5 Å². The highest BCUT2D eigenvalue weighted by Crippen LogP contribution is 2.35. The molecule has 0 spiro atoms. The predicted molar refractivity (Wildman–Crippen MR) is 78.9 cm³/mol. The minimum absolute atomic E-state index is 0.0522. The summed E-state index contributed by atoms with van der Waals surface area (Å²) in [5.41, 5.74) is 0.200. The number of rotatable bonds is 6. The van der Waals surface area contributed by atoms with E-state index in [1.807, 2.05) is 0 Å². The first-order valence-corrected chi connectivity index (χ1v) is 7.47. The molecule has 2 rings (SSSR count). The molecule has 1 saturated carbocycles. The number of hydrogen-bond acceptors (Lipinski definition) is 5. The van der Waals surface area contributed by atoms with Crippen LogP contribution in [0, 0.1) is 15.5 Å². The Balaban J connectivity index is 1.81. The highest BCUT2D eigenvalue weighted by atomic mass is 16.6. The average Bonchev–Trinajstić information content (AvgIpc) is 2.85. The fourth-order valence-electron chi connectivity index (χ4n) is 2.98. The summed E-state index contributed by atoms with van der Waals surface area (Å²) in [4.78, 5) is 10.1. The molecule has 1 aromatic rings. The molecule has 0 aliphatic heterocycles. The van der Waals surface area contributed by atoms with Crippen molar-refractivity contribution >= 4 is 5.69 Å². The van der Waals surface area contributed by atoms with Crippen molar-refractivity contribution in [3.8, 4) is 0 Å². The molecule has 2 N–H and O–H groups in total. The Hall–Kier alpha value is -1.47. The zero-order chi connectivity index (χ0) is 15.5.